The van der Waals surface area contributed by atoms with E-state index in [0.717, 1.165) is 12.8 Å². The molecule has 0 aliphatic rings. The van der Waals surface area contributed by atoms with Crippen molar-refractivity contribution >= 4 is 17.9 Å². The van der Waals surface area contributed by atoms with Crippen LogP contribution < -0.4 is 0 Å². The SMILES string of the molecule is C#CCN(Cl)C(C)CC/C=C\c1ccccc1. The van der Waals surface area contributed by atoms with Gasteiger partial charge in [0.25, 0.3) is 0 Å². The Labute approximate surface area is 109 Å². The third-order valence-corrected chi connectivity index (χ3v) is 3.03. The third-order valence-electron chi connectivity index (χ3n) is 2.58. The molecule has 0 saturated heterocycles. The number of allylic oxidation sites excluding steroid dienone is 1. The second kappa shape index (κ2) is 7.95. The molecule has 1 aromatic carbocycles. The summed E-state index contributed by atoms with van der Waals surface area (Å²) in [6.07, 6.45) is 11.5. The summed E-state index contributed by atoms with van der Waals surface area (Å²) < 4.78 is 1.68. The van der Waals surface area contributed by atoms with Crippen LogP contribution in [0.25, 0.3) is 6.08 Å². The van der Waals surface area contributed by atoms with Gasteiger partial charge in [-0.3, -0.25) is 0 Å². The van der Waals surface area contributed by atoms with Gasteiger partial charge in [-0.05, 0) is 37.1 Å². The van der Waals surface area contributed by atoms with Crippen LogP contribution >= 0.6 is 11.8 Å². The van der Waals surface area contributed by atoms with Crippen LogP contribution in [-0.4, -0.2) is 17.0 Å². The van der Waals surface area contributed by atoms with E-state index in [9.17, 15) is 0 Å². The van der Waals surface area contributed by atoms with Gasteiger partial charge in [-0.25, -0.2) is 4.42 Å². The molecule has 1 nitrogen and oxygen atoms in total. The van der Waals surface area contributed by atoms with Crippen LogP contribution in [0.4, 0.5) is 0 Å². The predicted octanol–water partition coefficient (Wildman–Crippen LogP) is 3.96. The highest BCUT2D eigenvalue weighted by Crippen LogP contribution is 2.10. The van der Waals surface area contributed by atoms with Crippen molar-refractivity contribution < 1.29 is 0 Å². The highest BCUT2D eigenvalue weighted by atomic mass is 35.5. The maximum atomic E-state index is 5.99. The Morgan fingerprint density at radius 3 is 2.76 bits per heavy atom. The highest BCUT2D eigenvalue weighted by Gasteiger charge is 2.08. The van der Waals surface area contributed by atoms with E-state index in [1.165, 1.54) is 5.56 Å². The van der Waals surface area contributed by atoms with Gasteiger partial charge in [-0.15, -0.1) is 6.42 Å². The largest absolute Gasteiger partial charge is 0.205 e. The zero-order valence-corrected chi connectivity index (χ0v) is 10.9. The number of hydrogen-bond donors (Lipinski definition) is 0. The summed E-state index contributed by atoms with van der Waals surface area (Å²) in [4.78, 5) is 0. The number of hydrogen-bond acceptors (Lipinski definition) is 1. The van der Waals surface area contributed by atoms with Crippen LogP contribution in [0.5, 0.6) is 0 Å². The van der Waals surface area contributed by atoms with Gasteiger partial charge in [0, 0.05) is 6.04 Å². The lowest BCUT2D eigenvalue weighted by atomic mass is 10.1. The van der Waals surface area contributed by atoms with Gasteiger partial charge in [0.05, 0.1) is 6.54 Å². The van der Waals surface area contributed by atoms with Crippen molar-refractivity contribution in [2.75, 3.05) is 6.54 Å². The van der Waals surface area contributed by atoms with Crippen LogP contribution in [0.2, 0.25) is 0 Å². The summed E-state index contributed by atoms with van der Waals surface area (Å²) in [6, 6.07) is 10.6. The molecule has 0 aromatic heterocycles. The minimum Gasteiger partial charge on any atom is -0.205 e. The van der Waals surface area contributed by atoms with E-state index in [1.54, 1.807) is 4.42 Å². The van der Waals surface area contributed by atoms with Crippen LogP contribution in [0.15, 0.2) is 36.4 Å². The quantitative estimate of drug-likeness (QED) is 0.543. The molecule has 0 aliphatic heterocycles. The van der Waals surface area contributed by atoms with Crippen LogP contribution in [-0.2, 0) is 0 Å². The zero-order chi connectivity index (χ0) is 12.5. The molecule has 0 amide bonds. The average molecular weight is 248 g/mol. The summed E-state index contributed by atoms with van der Waals surface area (Å²) in [5.74, 6) is 2.54. The van der Waals surface area contributed by atoms with Gasteiger partial charge in [0.1, 0.15) is 0 Å². The molecule has 0 N–H and O–H groups in total. The van der Waals surface area contributed by atoms with Crippen molar-refractivity contribution in [3.05, 3.63) is 42.0 Å². The number of halogens is 1. The topological polar surface area (TPSA) is 3.24 Å². The number of benzene rings is 1. The molecule has 0 fully saturated rings. The van der Waals surface area contributed by atoms with Gasteiger partial charge in [-0.1, -0.05) is 48.4 Å². The molecule has 0 aliphatic carbocycles. The zero-order valence-electron chi connectivity index (χ0n) is 10.1. The molecule has 0 saturated carbocycles. The Balaban J connectivity index is 2.28. The van der Waals surface area contributed by atoms with E-state index < -0.39 is 0 Å². The van der Waals surface area contributed by atoms with E-state index in [1.807, 2.05) is 18.2 Å². The lowest BCUT2D eigenvalue weighted by molar-refractivity contribution is 0.377. The summed E-state index contributed by atoms with van der Waals surface area (Å²) in [5, 5.41) is 0. The number of nitrogens with zero attached hydrogens (tertiary/aromatic N) is 1. The molecule has 0 radical (unpaired) electrons. The Morgan fingerprint density at radius 2 is 2.12 bits per heavy atom. The molecule has 1 unspecified atom stereocenters. The molecule has 0 spiro atoms. The fourth-order valence-electron chi connectivity index (χ4n) is 1.50. The predicted molar refractivity (Wildman–Crippen MR) is 75.6 cm³/mol. The molecular formula is C15H18ClN. The standard InChI is InChI=1S/C15H18ClN/c1-3-13-17(16)14(2)9-7-8-12-15-10-5-4-6-11-15/h1,4-6,8,10-12,14H,7,9,13H2,2H3/b12-8-. The lowest BCUT2D eigenvalue weighted by Gasteiger charge is -2.18. The Hall–Kier alpha value is -1.23. The normalized spacial score (nSPS) is 12.8. The second-order valence-corrected chi connectivity index (χ2v) is 4.44. The maximum Gasteiger partial charge on any atom is 0.0751 e. The number of terminal acetylenes is 1. The van der Waals surface area contributed by atoms with Crippen LogP contribution in [0.3, 0.4) is 0 Å². The van der Waals surface area contributed by atoms with Gasteiger partial charge in [-0.2, -0.15) is 0 Å². The number of rotatable bonds is 6. The Bertz CT molecular complexity index is 378. The smallest absolute Gasteiger partial charge is 0.0751 e. The Kier molecular flexibility index (Phi) is 6.47. The average Bonchev–Trinajstić information content (AvgIpc) is 2.36. The van der Waals surface area contributed by atoms with Crippen molar-refractivity contribution in [1.82, 2.24) is 4.42 Å². The minimum atomic E-state index is 0.299. The molecule has 1 atom stereocenters. The molecule has 17 heavy (non-hydrogen) atoms. The molecule has 0 bridgehead atoms. The summed E-state index contributed by atoms with van der Waals surface area (Å²) in [7, 11) is 0. The van der Waals surface area contributed by atoms with E-state index >= 15 is 0 Å². The Morgan fingerprint density at radius 1 is 1.41 bits per heavy atom. The molecule has 90 valence electrons. The molecular weight excluding hydrogens is 230 g/mol. The summed E-state index contributed by atoms with van der Waals surface area (Å²) >= 11 is 5.99. The van der Waals surface area contributed by atoms with E-state index in [2.05, 4.69) is 37.1 Å². The van der Waals surface area contributed by atoms with Crippen LogP contribution in [0, 0.1) is 12.3 Å². The first-order chi connectivity index (χ1) is 8.24. The summed E-state index contributed by atoms with van der Waals surface area (Å²) in [6.45, 7) is 2.58. The molecule has 2 heteroatoms. The molecule has 1 rings (SSSR count). The minimum absolute atomic E-state index is 0.299. The van der Waals surface area contributed by atoms with Gasteiger partial charge in [0.2, 0.25) is 0 Å². The molecule has 0 heterocycles. The van der Waals surface area contributed by atoms with E-state index in [4.69, 9.17) is 18.2 Å². The van der Waals surface area contributed by atoms with Gasteiger partial charge < -0.3 is 0 Å². The lowest BCUT2D eigenvalue weighted by Crippen LogP contribution is -2.24. The van der Waals surface area contributed by atoms with E-state index in [0.29, 0.717) is 12.6 Å². The first-order valence-corrected chi connectivity index (χ1v) is 6.15. The first kappa shape index (κ1) is 13.8. The van der Waals surface area contributed by atoms with Gasteiger partial charge >= 0.3 is 0 Å². The van der Waals surface area contributed by atoms with Gasteiger partial charge in [0.15, 0.2) is 0 Å². The molecule has 1 aromatic rings. The van der Waals surface area contributed by atoms with Crippen molar-refractivity contribution in [1.29, 1.82) is 0 Å². The summed E-state index contributed by atoms with van der Waals surface area (Å²) in [5.41, 5.74) is 1.23. The second-order valence-electron chi connectivity index (χ2n) is 4.00. The maximum absolute atomic E-state index is 5.99. The van der Waals surface area contributed by atoms with Crippen molar-refractivity contribution in [3.63, 3.8) is 0 Å². The van der Waals surface area contributed by atoms with Crippen molar-refractivity contribution in [2.24, 2.45) is 0 Å². The monoisotopic (exact) mass is 247 g/mol. The third kappa shape index (κ3) is 5.58. The van der Waals surface area contributed by atoms with Crippen molar-refractivity contribution in [3.8, 4) is 12.3 Å². The first-order valence-electron chi connectivity index (χ1n) is 5.81. The van der Waals surface area contributed by atoms with Crippen LogP contribution in [0.1, 0.15) is 25.3 Å². The fourth-order valence-corrected chi connectivity index (χ4v) is 1.67. The van der Waals surface area contributed by atoms with E-state index in [-0.39, 0.29) is 0 Å². The highest BCUT2D eigenvalue weighted by molar-refractivity contribution is 6.13. The fraction of sp³-hybridized carbons (Fsp3) is 0.333. The van der Waals surface area contributed by atoms with Crippen molar-refractivity contribution in [2.45, 2.75) is 25.8 Å².